The van der Waals surface area contributed by atoms with Crippen molar-refractivity contribution in [3.8, 4) is 17.2 Å². The molecular weight excluding hydrogens is 786 g/mol. The maximum atomic E-state index is 16.5. The molecule has 0 saturated heterocycles. The number of thiophene rings is 1. The van der Waals surface area contributed by atoms with Crippen LogP contribution in [0, 0.1) is 0 Å². The SMILES string of the molecule is O=P1(c2ccccc2)c2ccccc2C2(c3ccccc3Oc3cc(-n4c5ccccc5c5ccc6c7ccccc7sc6c54)ccc32)c2cc3c(cc21)oc1ccccc13. The summed E-state index contributed by atoms with van der Waals surface area (Å²) >= 11 is 1.85. The van der Waals surface area contributed by atoms with Crippen LogP contribution < -0.4 is 20.7 Å². The van der Waals surface area contributed by atoms with Crippen LogP contribution in [0.3, 0.4) is 0 Å². The first-order valence-corrected chi connectivity index (χ1v) is 23.1. The van der Waals surface area contributed by atoms with Crippen LogP contribution in [0.1, 0.15) is 22.3 Å². The molecule has 0 radical (unpaired) electrons. The number of hydrogen-bond acceptors (Lipinski definition) is 4. The molecule has 12 aromatic rings. The lowest BCUT2D eigenvalue weighted by Gasteiger charge is -2.47. The average molecular weight is 818 g/mol. The van der Waals surface area contributed by atoms with Crippen molar-refractivity contribution in [2.45, 2.75) is 5.41 Å². The van der Waals surface area contributed by atoms with E-state index >= 15 is 4.57 Å². The standard InChI is InChI=1S/C55H32NO3PS/c57-60(34-14-2-1-3-15-34)50-24-12-8-20-43(50)55(44-31-40-36-17-5-10-22-46(36)58-48(40)32-51(44)60)41-19-7-11-23-47(41)59-49-30-33(26-29-42(49)55)56-45-21-9-4-16-35(45)38-27-28-39-37-18-6-13-25-52(37)61-54(39)53(38)56/h1-32H. The smallest absolute Gasteiger partial charge is 0.171 e. The minimum Gasteiger partial charge on any atom is -0.457 e. The molecule has 1 spiro atoms. The fourth-order valence-electron chi connectivity index (χ4n) is 10.8. The number of benzene rings is 9. The zero-order valence-electron chi connectivity index (χ0n) is 32.5. The van der Waals surface area contributed by atoms with E-state index in [4.69, 9.17) is 9.15 Å². The molecule has 0 aliphatic carbocycles. The molecule has 2 aliphatic heterocycles. The van der Waals surface area contributed by atoms with Crippen molar-refractivity contribution in [1.82, 2.24) is 4.57 Å². The van der Waals surface area contributed by atoms with Crippen molar-refractivity contribution >= 4 is 98.3 Å². The van der Waals surface area contributed by atoms with Gasteiger partial charge in [-0.25, -0.2) is 0 Å². The van der Waals surface area contributed by atoms with Gasteiger partial charge in [-0.05, 0) is 53.6 Å². The van der Waals surface area contributed by atoms with Gasteiger partial charge in [0.2, 0.25) is 0 Å². The summed E-state index contributed by atoms with van der Waals surface area (Å²) in [4.78, 5) is 0. The third-order valence-electron chi connectivity index (χ3n) is 13.3. The quantitative estimate of drug-likeness (QED) is 0.163. The van der Waals surface area contributed by atoms with E-state index in [9.17, 15) is 0 Å². The Balaban J connectivity index is 1.12. The molecule has 5 heterocycles. The van der Waals surface area contributed by atoms with Crippen LogP contribution in [0.2, 0.25) is 0 Å². The molecule has 0 amide bonds. The van der Waals surface area contributed by atoms with Gasteiger partial charge in [0.1, 0.15) is 22.7 Å². The van der Waals surface area contributed by atoms with Crippen LogP contribution in [0.5, 0.6) is 11.5 Å². The van der Waals surface area contributed by atoms with Crippen LogP contribution in [-0.4, -0.2) is 4.57 Å². The maximum absolute atomic E-state index is 16.5. The molecule has 286 valence electrons. The second-order valence-electron chi connectivity index (χ2n) is 16.2. The number of furan rings is 1. The molecule has 4 nitrogen and oxygen atoms in total. The first kappa shape index (κ1) is 33.6. The van der Waals surface area contributed by atoms with Crippen molar-refractivity contribution in [2.24, 2.45) is 0 Å². The lowest BCUT2D eigenvalue weighted by atomic mass is 9.63. The molecule has 3 aromatic heterocycles. The highest BCUT2D eigenvalue weighted by atomic mass is 32.1. The Morgan fingerprint density at radius 3 is 2.08 bits per heavy atom. The topological polar surface area (TPSA) is 44.4 Å². The van der Waals surface area contributed by atoms with Gasteiger partial charge < -0.3 is 18.3 Å². The molecule has 2 aliphatic rings. The summed E-state index contributed by atoms with van der Waals surface area (Å²) in [5.74, 6) is 1.54. The van der Waals surface area contributed by atoms with Crippen LogP contribution in [-0.2, 0) is 9.98 Å². The van der Waals surface area contributed by atoms with Gasteiger partial charge in [0, 0.05) is 75.8 Å². The fraction of sp³-hybridized carbons (Fsp3) is 0.0182. The Kier molecular flexibility index (Phi) is 6.61. The third kappa shape index (κ3) is 4.22. The Hall–Kier alpha value is -7.17. The van der Waals surface area contributed by atoms with E-state index in [1.807, 2.05) is 65.9 Å². The minimum atomic E-state index is -3.45. The van der Waals surface area contributed by atoms with Crippen molar-refractivity contribution < 1.29 is 13.7 Å². The number of ether oxygens (including phenoxy) is 1. The number of rotatable bonds is 2. The average Bonchev–Trinajstić information content (AvgIpc) is 3.99. The molecule has 2 atom stereocenters. The Bertz CT molecular complexity index is 3910. The third-order valence-corrected chi connectivity index (χ3v) is 17.7. The fourth-order valence-corrected chi connectivity index (χ4v) is 15.2. The van der Waals surface area contributed by atoms with Gasteiger partial charge >= 0.3 is 0 Å². The summed E-state index contributed by atoms with van der Waals surface area (Å²) in [5, 5.41) is 9.38. The van der Waals surface area contributed by atoms with E-state index in [-0.39, 0.29) is 0 Å². The number of aromatic nitrogens is 1. The van der Waals surface area contributed by atoms with Crippen LogP contribution in [0.25, 0.3) is 69.6 Å². The molecule has 61 heavy (non-hydrogen) atoms. The molecule has 2 unspecified atom stereocenters. The maximum Gasteiger partial charge on any atom is 0.171 e. The molecule has 0 saturated carbocycles. The molecule has 0 N–H and O–H groups in total. The Morgan fingerprint density at radius 1 is 0.475 bits per heavy atom. The predicted molar refractivity (Wildman–Crippen MR) is 252 cm³/mol. The van der Waals surface area contributed by atoms with E-state index in [2.05, 4.69) is 144 Å². The number of fused-ring (bicyclic) bond motifs is 18. The number of hydrogen-bond donors (Lipinski definition) is 0. The summed E-state index contributed by atoms with van der Waals surface area (Å²) in [5.41, 5.74) is 7.97. The molecule has 14 rings (SSSR count). The van der Waals surface area contributed by atoms with Gasteiger partial charge in [-0.15, -0.1) is 11.3 Å². The van der Waals surface area contributed by atoms with Gasteiger partial charge in [-0.3, -0.25) is 0 Å². The highest BCUT2D eigenvalue weighted by Crippen LogP contribution is 2.62. The van der Waals surface area contributed by atoms with Gasteiger partial charge in [-0.1, -0.05) is 146 Å². The van der Waals surface area contributed by atoms with Crippen molar-refractivity contribution in [3.63, 3.8) is 0 Å². The second kappa shape index (κ2) is 12.0. The zero-order valence-corrected chi connectivity index (χ0v) is 34.2. The van der Waals surface area contributed by atoms with Crippen molar-refractivity contribution in [1.29, 1.82) is 0 Å². The van der Waals surface area contributed by atoms with Gasteiger partial charge in [-0.2, -0.15) is 0 Å². The monoisotopic (exact) mass is 817 g/mol. The number of nitrogens with zero attached hydrogens (tertiary/aromatic N) is 1. The number of para-hydroxylation sites is 3. The van der Waals surface area contributed by atoms with Gasteiger partial charge in [0.25, 0.3) is 0 Å². The Morgan fingerprint density at radius 2 is 1.18 bits per heavy atom. The van der Waals surface area contributed by atoms with Crippen LogP contribution >= 0.6 is 18.5 Å². The summed E-state index contributed by atoms with van der Waals surface area (Å²) < 4.78 is 35.2. The normalized spacial score (nSPS) is 17.8. The van der Waals surface area contributed by atoms with Crippen LogP contribution in [0.4, 0.5) is 0 Å². The van der Waals surface area contributed by atoms with Crippen molar-refractivity contribution in [3.05, 3.63) is 216 Å². The Labute approximate surface area is 353 Å². The predicted octanol–water partition coefficient (Wildman–Crippen LogP) is 13.5. The summed E-state index contributed by atoms with van der Waals surface area (Å²) in [6, 6.07) is 68.1. The highest BCUT2D eigenvalue weighted by molar-refractivity contribution is 7.85. The second-order valence-corrected chi connectivity index (χ2v) is 20.0. The van der Waals surface area contributed by atoms with Gasteiger partial charge in [0.15, 0.2) is 7.14 Å². The summed E-state index contributed by atoms with van der Waals surface area (Å²) in [6.07, 6.45) is 0. The lowest BCUT2D eigenvalue weighted by molar-refractivity contribution is 0.435. The first-order chi connectivity index (χ1) is 30.1. The molecule has 0 bridgehead atoms. The van der Waals surface area contributed by atoms with Gasteiger partial charge in [0.05, 0.1) is 21.1 Å². The van der Waals surface area contributed by atoms with Crippen LogP contribution in [0.15, 0.2) is 199 Å². The molecule has 0 fully saturated rings. The van der Waals surface area contributed by atoms with E-state index in [1.54, 1.807) is 0 Å². The highest BCUT2D eigenvalue weighted by Gasteiger charge is 2.55. The molecule has 9 aromatic carbocycles. The van der Waals surface area contributed by atoms with E-state index in [1.165, 1.54) is 36.5 Å². The van der Waals surface area contributed by atoms with Crippen molar-refractivity contribution in [2.75, 3.05) is 0 Å². The largest absolute Gasteiger partial charge is 0.457 e. The van der Waals surface area contributed by atoms with E-state index in [0.29, 0.717) is 0 Å². The molecule has 6 heteroatoms. The first-order valence-electron chi connectivity index (χ1n) is 20.6. The minimum absolute atomic E-state index is 0.723. The zero-order chi connectivity index (χ0) is 40.0. The van der Waals surface area contributed by atoms with E-state index < -0.39 is 12.6 Å². The summed E-state index contributed by atoms with van der Waals surface area (Å²) in [7, 11) is -3.45. The molecular formula is C55H32NO3PS. The van der Waals surface area contributed by atoms with E-state index in [0.717, 1.165) is 82.8 Å². The summed E-state index contributed by atoms with van der Waals surface area (Å²) in [6.45, 7) is 0. The lowest BCUT2D eigenvalue weighted by Crippen LogP contribution is -2.48.